The fraction of sp³-hybridized carbons (Fsp3) is 0.250. The molecule has 0 radical (unpaired) electrons. The van der Waals surface area contributed by atoms with Gasteiger partial charge in [0.05, 0.1) is 6.54 Å². The van der Waals surface area contributed by atoms with Crippen LogP contribution in [0, 0.1) is 0 Å². The predicted octanol–water partition coefficient (Wildman–Crippen LogP) is 2.76. The minimum Gasteiger partial charge on any atom is -0.486 e. The molecular formula is C20H17ClN2O5. The van der Waals surface area contributed by atoms with E-state index in [0.29, 0.717) is 40.9 Å². The third-order valence-corrected chi connectivity index (χ3v) is 5.11. The van der Waals surface area contributed by atoms with Gasteiger partial charge in [-0.3, -0.25) is 14.5 Å². The first-order valence-electron chi connectivity index (χ1n) is 8.71. The SMILES string of the molecule is CC1(c2ccc3c(c2)OCCO3)NC(=O)N(CC(=O)c2ccc(Cl)cc2)C1=O. The van der Waals surface area contributed by atoms with Crippen molar-refractivity contribution < 1.29 is 23.9 Å². The van der Waals surface area contributed by atoms with Gasteiger partial charge in [0.15, 0.2) is 17.3 Å². The standard InChI is InChI=1S/C20H17ClN2O5/c1-20(13-4-7-16-17(10-13)28-9-8-27-16)18(25)23(19(26)22-20)11-15(24)12-2-5-14(21)6-3-12/h2-7,10H,8-9,11H2,1H3,(H,22,26). The Bertz CT molecular complexity index is 975. The van der Waals surface area contributed by atoms with Gasteiger partial charge in [-0.25, -0.2) is 4.79 Å². The summed E-state index contributed by atoms with van der Waals surface area (Å²) in [7, 11) is 0. The zero-order valence-corrected chi connectivity index (χ0v) is 15.8. The lowest BCUT2D eigenvalue weighted by molar-refractivity contribution is -0.130. The van der Waals surface area contributed by atoms with E-state index in [1.165, 1.54) is 0 Å². The number of halogens is 1. The number of hydrogen-bond donors (Lipinski definition) is 1. The Balaban J connectivity index is 1.57. The molecule has 0 bridgehead atoms. The number of nitrogens with one attached hydrogen (secondary N) is 1. The van der Waals surface area contributed by atoms with Gasteiger partial charge in [0.2, 0.25) is 0 Å². The van der Waals surface area contributed by atoms with Crippen LogP contribution in [0.1, 0.15) is 22.8 Å². The van der Waals surface area contributed by atoms with Crippen LogP contribution in [0.25, 0.3) is 0 Å². The number of nitrogens with zero attached hydrogens (tertiary/aromatic N) is 1. The predicted molar refractivity (Wildman–Crippen MR) is 101 cm³/mol. The molecule has 144 valence electrons. The summed E-state index contributed by atoms with van der Waals surface area (Å²) in [6.07, 6.45) is 0. The first kappa shape index (κ1) is 18.3. The molecule has 4 rings (SSSR count). The summed E-state index contributed by atoms with van der Waals surface area (Å²) in [4.78, 5) is 38.9. The highest BCUT2D eigenvalue weighted by molar-refractivity contribution is 6.30. The number of imide groups is 1. The highest BCUT2D eigenvalue weighted by Crippen LogP contribution is 2.36. The maximum atomic E-state index is 13.0. The Morgan fingerprint density at radius 1 is 1.11 bits per heavy atom. The number of carbonyl (C=O) groups excluding carboxylic acids is 3. The molecule has 3 amide bonds. The molecule has 0 spiro atoms. The highest BCUT2D eigenvalue weighted by Gasteiger charge is 2.49. The maximum Gasteiger partial charge on any atom is 0.325 e. The molecule has 2 aliphatic heterocycles. The smallest absolute Gasteiger partial charge is 0.325 e. The number of ether oxygens (including phenoxy) is 2. The number of benzene rings is 2. The summed E-state index contributed by atoms with van der Waals surface area (Å²) in [5, 5.41) is 3.18. The molecule has 2 aromatic carbocycles. The van der Waals surface area contributed by atoms with Gasteiger partial charge < -0.3 is 14.8 Å². The van der Waals surface area contributed by atoms with Gasteiger partial charge in [0.1, 0.15) is 18.8 Å². The molecule has 1 unspecified atom stereocenters. The summed E-state index contributed by atoms with van der Waals surface area (Å²) in [6, 6.07) is 10.8. The Morgan fingerprint density at radius 3 is 2.50 bits per heavy atom. The number of rotatable bonds is 4. The van der Waals surface area contributed by atoms with Gasteiger partial charge in [0, 0.05) is 10.6 Å². The zero-order chi connectivity index (χ0) is 19.9. The van der Waals surface area contributed by atoms with Gasteiger partial charge in [0.25, 0.3) is 5.91 Å². The minimum absolute atomic E-state index is 0.355. The topological polar surface area (TPSA) is 84.9 Å². The molecule has 2 aliphatic rings. The van der Waals surface area contributed by atoms with E-state index in [1.807, 2.05) is 0 Å². The number of urea groups is 1. The van der Waals surface area contributed by atoms with E-state index >= 15 is 0 Å². The second-order valence-corrected chi connectivity index (χ2v) is 7.17. The van der Waals surface area contributed by atoms with Gasteiger partial charge in [-0.1, -0.05) is 17.7 Å². The quantitative estimate of drug-likeness (QED) is 0.630. The summed E-state index contributed by atoms with van der Waals surface area (Å²) < 4.78 is 11.1. The lowest BCUT2D eigenvalue weighted by Gasteiger charge is -2.25. The summed E-state index contributed by atoms with van der Waals surface area (Å²) in [5.41, 5.74) is -0.373. The molecule has 0 aliphatic carbocycles. The van der Waals surface area contributed by atoms with Crippen molar-refractivity contribution in [1.82, 2.24) is 10.2 Å². The molecule has 7 nitrogen and oxygen atoms in total. The van der Waals surface area contributed by atoms with Crippen LogP contribution in [-0.4, -0.2) is 42.4 Å². The van der Waals surface area contributed by atoms with Crippen LogP contribution >= 0.6 is 11.6 Å². The Labute approximate surface area is 166 Å². The van der Waals surface area contributed by atoms with E-state index in [4.69, 9.17) is 21.1 Å². The molecule has 8 heteroatoms. The van der Waals surface area contributed by atoms with Crippen LogP contribution in [0.2, 0.25) is 5.02 Å². The van der Waals surface area contributed by atoms with Crippen molar-refractivity contribution in [2.75, 3.05) is 19.8 Å². The van der Waals surface area contributed by atoms with E-state index < -0.39 is 17.5 Å². The molecule has 28 heavy (non-hydrogen) atoms. The van der Waals surface area contributed by atoms with Crippen LogP contribution in [-0.2, 0) is 10.3 Å². The summed E-state index contributed by atoms with van der Waals surface area (Å²) in [5.74, 6) is 0.246. The largest absolute Gasteiger partial charge is 0.486 e. The van der Waals surface area contributed by atoms with Gasteiger partial charge in [-0.15, -0.1) is 0 Å². The van der Waals surface area contributed by atoms with E-state index in [9.17, 15) is 14.4 Å². The maximum absolute atomic E-state index is 13.0. The fourth-order valence-corrected chi connectivity index (χ4v) is 3.39. The number of Topliss-reactive ketones (excluding diaryl/α,β-unsaturated/α-hetero) is 1. The van der Waals surface area contributed by atoms with E-state index in [-0.39, 0.29) is 12.3 Å². The normalized spacial score (nSPS) is 20.9. The van der Waals surface area contributed by atoms with Crippen molar-refractivity contribution in [2.45, 2.75) is 12.5 Å². The first-order valence-corrected chi connectivity index (χ1v) is 9.09. The average Bonchev–Trinajstić information content (AvgIpc) is 2.92. The van der Waals surface area contributed by atoms with Crippen molar-refractivity contribution >= 4 is 29.3 Å². The Hall–Kier alpha value is -3.06. The first-order chi connectivity index (χ1) is 13.4. The second-order valence-electron chi connectivity index (χ2n) is 6.73. The Morgan fingerprint density at radius 2 is 1.79 bits per heavy atom. The van der Waals surface area contributed by atoms with Crippen LogP contribution < -0.4 is 14.8 Å². The van der Waals surface area contributed by atoms with Gasteiger partial charge >= 0.3 is 6.03 Å². The zero-order valence-electron chi connectivity index (χ0n) is 15.0. The summed E-state index contributed by atoms with van der Waals surface area (Å²) in [6.45, 7) is 2.12. The molecule has 2 heterocycles. The number of fused-ring (bicyclic) bond motifs is 1. The van der Waals surface area contributed by atoms with Crippen molar-refractivity contribution in [1.29, 1.82) is 0 Å². The van der Waals surface area contributed by atoms with Gasteiger partial charge in [-0.2, -0.15) is 0 Å². The van der Waals surface area contributed by atoms with Crippen molar-refractivity contribution in [3.8, 4) is 11.5 Å². The van der Waals surface area contributed by atoms with Gasteiger partial charge in [-0.05, 0) is 48.9 Å². The molecule has 1 fully saturated rings. The third-order valence-electron chi connectivity index (χ3n) is 4.86. The second kappa shape index (κ2) is 6.83. The Kier molecular flexibility index (Phi) is 4.47. The number of carbonyl (C=O) groups is 3. The molecule has 1 N–H and O–H groups in total. The number of hydrogen-bond acceptors (Lipinski definition) is 5. The van der Waals surface area contributed by atoms with E-state index in [2.05, 4.69) is 5.32 Å². The molecule has 0 aromatic heterocycles. The average molecular weight is 401 g/mol. The molecule has 0 saturated carbocycles. The van der Waals surface area contributed by atoms with Crippen LogP contribution in [0.3, 0.4) is 0 Å². The number of amides is 3. The lowest BCUT2D eigenvalue weighted by Crippen LogP contribution is -2.41. The monoisotopic (exact) mass is 400 g/mol. The molecule has 2 aromatic rings. The number of ketones is 1. The van der Waals surface area contributed by atoms with Crippen LogP contribution in [0.15, 0.2) is 42.5 Å². The third kappa shape index (κ3) is 3.07. The van der Waals surface area contributed by atoms with Crippen LogP contribution in [0.5, 0.6) is 11.5 Å². The molecule has 1 saturated heterocycles. The van der Waals surface area contributed by atoms with Crippen molar-refractivity contribution in [2.24, 2.45) is 0 Å². The molecular weight excluding hydrogens is 384 g/mol. The fourth-order valence-electron chi connectivity index (χ4n) is 3.26. The lowest BCUT2D eigenvalue weighted by atomic mass is 9.91. The minimum atomic E-state index is -1.30. The van der Waals surface area contributed by atoms with Crippen molar-refractivity contribution in [3.63, 3.8) is 0 Å². The van der Waals surface area contributed by atoms with Crippen molar-refractivity contribution in [3.05, 3.63) is 58.6 Å². The van der Waals surface area contributed by atoms with Crippen LogP contribution in [0.4, 0.5) is 4.79 Å². The van der Waals surface area contributed by atoms with E-state index in [0.717, 1.165) is 4.90 Å². The van der Waals surface area contributed by atoms with E-state index in [1.54, 1.807) is 49.4 Å². The highest BCUT2D eigenvalue weighted by atomic mass is 35.5. The molecule has 1 atom stereocenters. The summed E-state index contributed by atoms with van der Waals surface area (Å²) >= 11 is 5.83.